The lowest BCUT2D eigenvalue weighted by Gasteiger charge is -2.39. The summed E-state index contributed by atoms with van der Waals surface area (Å²) in [5.41, 5.74) is 0. The average Bonchev–Trinajstić information content (AvgIpc) is 3.08. The third-order valence-electron chi connectivity index (χ3n) is 4.48. The van der Waals surface area contributed by atoms with Crippen LogP contribution in [-0.4, -0.2) is 54.6 Å². The fourth-order valence-electron chi connectivity index (χ4n) is 3.52. The summed E-state index contributed by atoms with van der Waals surface area (Å²) in [6.45, 7) is 3.21. The number of carbonyl (C=O) groups is 1. The molecule has 0 spiro atoms. The maximum Gasteiger partial charge on any atom is 0.223 e. The van der Waals surface area contributed by atoms with E-state index in [1.165, 1.54) is 0 Å². The Kier molecular flexibility index (Phi) is 4.08. The summed E-state index contributed by atoms with van der Waals surface area (Å²) in [5, 5.41) is 0. The van der Waals surface area contributed by atoms with Crippen molar-refractivity contribution in [1.82, 2.24) is 9.80 Å². The molecular weight excluding hydrogens is 256 g/mol. The minimum absolute atomic E-state index is 0.281. The molecule has 3 rings (SSSR count). The number of hydrogen-bond donors (Lipinski definition) is 0. The third-order valence-corrected chi connectivity index (χ3v) is 4.48. The van der Waals surface area contributed by atoms with E-state index >= 15 is 0 Å². The lowest BCUT2D eigenvalue weighted by molar-refractivity contribution is -0.138. The molecule has 0 aliphatic carbocycles. The number of nitrogens with zero attached hydrogens (tertiary/aromatic N) is 2. The molecule has 5 nitrogen and oxygen atoms in total. The molecule has 2 atom stereocenters. The van der Waals surface area contributed by atoms with Crippen LogP contribution in [0.4, 0.5) is 0 Å². The minimum Gasteiger partial charge on any atom is -0.468 e. The Balaban J connectivity index is 1.67. The van der Waals surface area contributed by atoms with Gasteiger partial charge in [-0.3, -0.25) is 9.69 Å². The van der Waals surface area contributed by atoms with Crippen molar-refractivity contribution in [2.24, 2.45) is 0 Å². The van der Waals surface area contributed by atoms with E-state index in [2.05, 4.69) is 4.90 Å². The molecule has 5 heteroatoms. The van der Waals surface area contributed by atoms with Gasteiger partial charge in [-0.15, -0.1) is 0 Å². The molecule has 1 amide bonds. The van der Waals surface area contributed by atoms with Gasteiger partial charge in [-0.05, 0) is 25.0 Å². The van der Waals surface area contributed by atoms with E-state index in [0.717, 1.165) is 31.7 Å². The van der Waals surface area contributed by atoms with Gasteiger partial charge in [-0.1, -0.05) is 0 Å². The van der Waals surface area contributed by atoms with Crippen LogP contribution >= 0.6 is 0 Å². The van der Waals surface area contributed by atoms with Gasteiger partial charge in [-0.25, -0.2) is 0 Å². The Bertz CT molecular complexity index is 446. The number of methoxy groups -OCH3 is 1. The number of hydrogen-bond acceptors (Lipinski definition) is 4. The van der Waals surface area contributed by atoms with Gasteiger partial charge < -0.3 is 14.1 Å². The van der Waals surface area contributed by atoms with Gasteiger partial charge >= 0.3 is 0 Å². The second kappa shape index (κ2) is 5.97. The van der Waals surface area contributed by atoms with Crippen LogP contribution in [0.5, 0.6) is 0 Å². The maximum absolute atomic E-state index is 12.1. The van der Waals surface area contributed by atoms with Gasteiger partial charge in [0, 0.05) is 38.7 Å². The number of piperidine rings is 1. The molecule has 0 unspecified atom stereocenters. The molecule has 1 aromatic heterocycles. The van der Waals surface area contributed by atoms with Crippen molar-refractivity contribution in [1.29, 1.82) is 0 Å². The van der Waals surface area contributed by atoms with E-state index in [-0.39, 0.29) is 5.91 Å². The van der Waals surface area contributed by atoms with Crippen molar-refractivity contribution >= 4 is 5.91 Å². The first-order valence-corrected chi connectivity index (χ1v) is 7.34. The van der Waals surface area contributed by atoms with E-state index in [1.807, 2.05) is 17.0 Å². The molecule has 2 saturated heterocycles. The van der Waals surface area contributed by atoms with Crippen LogP contribution < -0.4 is 0 Å². The van der Waals surface area contributed by atoms with Gasteiger partial charge in [0.1, 0.15) is 5.76 Å². The zero-order chi connectivity index (χ0) is 13.9. The van der Waals surface area contributed by atoms with Crippen LogP contribution in [0.1, 0.15) is 25.0 Å². The maximum atomic E-state index is 12.1. The first kappa shape index (κ1) is 13.6. The van der Waals surface area contributed by atoms with Crippen LogP contribution in [-0.2, 0) is 16.1 Å². The van der Waals surface area contributed by atoms with Crippen molar-refractivity contribution in [3.63, 3.8) is 0 Å². The molecule has 2 fully saturated rings. The molecule has 3 heterocycles. The fraction of sp³-hybridized carbons (Fsp3) is 0.667. The highest BCUT2D eigenvalue weighted by Crippen LogP contribution is 2.32. The smallest absolute Gasteiger partial charge is 0.223 e. The minimum atomic E-state index is 0.281. The van der Waals surface area contributed by atoms with Gasteiger partial charge in [0.15, 0.2) is 0 Å². The second-order valence-corrected chi connectivity index (χ2v) is 5.59. The van der Waals surface area contributed by atoms with Gasteiger partial charge in [0.2, 0.25) is 5.91 Å². The molecule has 0 radical (unpaired) electrons. The molecule has 0 N–H and O–H groups in total. The molecule has 2 aliphatic rings. The molecule has 20 heavy (non-hydrogen) atoms. The number of rotatable bonds is 5. The highest BCUT2D eigenvalue weighted by molar-refractivity contribution is 5.77. The Morgan fingerprint density at radius 3 is 3.05 bits per heavy atom. The zero-order valence-electron chi connectivity index (χ0n) is 12.0. The van der Waals surface area contributed by atoms with E-state index < -0.39 is 0 Å². The van der Waals surface area contributed by atoms with Crippen LogP contribution in [0.3, 0.4) is 0 Å². The molecular formula is C15H22N2O3. The number of carbonyl (C=O) groups excluding carboxylic acids is 1. The van der Waals surface area contributed by atoms with Crippen molar-refractivity contribution in [3.8, 4) is 0 Å². The van der Waals surface area contributed by atoms with Crippen molar-refractivity contribution < 1.29 is 13.9 Å². The highest BCUT2D eigenvalue weighted by Gasteiger charge is 2.42. The van der Waals surface area contributed by atoms with E-state index in [4.69, 9.17) is 9.15 Å². The summed E-state index contributed by atoms with van der Waals surface area (Å²) in [6.07, 6.45) is 4.40. The number of amides is 1. The second-order valence-electron chi connectivity index (χ2n) is 5.59. The number of furan rings is 1. The van der Waals surface area contributed by atoms with Crippen LogP contribution in [0, 0.1) is 0 Å². The van der Waals surface area contributed by atoms with Crippen molar-refractivity contribution in [2.75, 3.05) is 26.8 Å². The monoisotopic (exact) mass is 278 g/mol. The molecule has 2 aliphatic heterocycles. The highest BCUT2D eigenvalue weighted by atomic mass is 16.5. The van der Waals surface area contributed by atoms with E-state index in [1.54, 1.807) is 13.4 Å². The number of fused-ring (bicyclic) bond motifs is 1. The first-order valence-electron chi connectivity index (χ1n) is 7.34. The summed E-state index contributed by atoms with van der Waals surface area (Å²) in [4.78, 5) is 16.6. The average molecular weight is 278 g/mol. The van der Waals surface area contributed by atoms with Gasteiger partial charge in [0.25, 0.3) is 0 Å². The van der Waals surface area contributed by atoms with Crippen molar-refractivity contribution in [3.05, 3.63) is 24.2 Å². The summed E-state index contributed by atoms with van der Waals surface area (Å²) >= 11 is 0. The van der Waals surface area contributed by atoms with Crippen LogP contribution in [0.25, 0.3) is 0 Å². The Morgan fingerprint density at radius 2 is 2.30 bits per heavy atom. The molecule has 0 aromatic carbocycles. The topological polar surface area (TPSA) is 45.9 Å². The summed E-state index contributed by atoms with van der Waals surface area (Å²) in [6, 6.07) is 4.76. The van der Waals surface area contributed by atoms with E-state index in [9.17, 15) is 4.79 Å². The van der Waals surface area contributed by atoms with Crippen LogP contribution in [0.2, 0.25) is 0 Å². The Morgan fingerprint density at radius 1 is 1.40 bits per heavy atom. The predicted molar refractivity (Wildman–Crippen MR) is 74.1 cm³/mol. The SMILES string of the molecule is COCCN1C(=O)CC[C@@H]2[C@H]1CCN2Cc1ccco1. The largest absolute Gasteiger partial charge is 0.468 e. The lowest BCUT2D eigenvalue weighted by Crippen LogP contribution is -2.52. The van der Waals surface area contributed by atoms with Gasteiger partial charge in [-0.2, -0.15) is 0 Å². The van der Waals surface area contributed by atoms with Crippen molar-refractivity contribution in [2.45, 2.75) is 37.9 Å². The fourth-order valence-corrected chi connectivity index (χ4v) is 3.52. The summed E-state index contributed by atoms with van der Waals surface area (Å²) < 4.78 is 10.6. The third kappa shape index (κ3) is 2.60. The quantitative estimate of drug-likeness (QED) is 0.818. The first-order chi connectivity index (χ1) is 9.79. The van der Waals surface area contributed by atoms with E-state index in [0.29, 0.717) is 31.7 Å². The lowest BCUT2D eigenvalue weighted by atomic mass is 9.96. The Labute approximate surface area is 119 Å². The Hall–Kier alpha value is -1.33. The summed E-state index contributed by atoms with van der Waals surface area (Å²) in [7, 11) is 1.68. The standard InChI is InChI=1S/C15H22N2O3/c1-19-10-8-17-14-6-7-16(11-12-3-2-9-20-12)13(14)4-5-15(17)18/h2-3,9,13-14H,4-8,10-11H2,1H3/t13-,14-/m1/s1. The van der Waals surface area contributed by atoms with Gasteiger partial charge in [0.05, 0.1) is 19.4 Å². The molecule has 1 aromatic rings. The van der Waals surface area contributed by atoms with Crippen LogP contribution in [0.15, 0.2) is 22.8 Å². The molecule has 0 bridgehead atoms. The number of likely N-dealkylation sites (tertiary alicyclic amines) is 2. The zero-order valence-corrected chi connectivity index (χ0v) is 12.0. The summed E-state index contributed by atoms with van der Waals surface area (Å²) in [5.74, 6) is 1.29. The molecule has 0 saturated carbocycles. The number of ether oxygens (including phenoxy) is 1. The normalized spacial score (nSPS) is 27.1. The predicted octanol–water partition coefficient (Wildman–Crippen LogP) is 1.49. The molecule has 110 valence electrons.